The summed E-state index contributed by atoms with van der Waals surface area (Å²) in [5, 5.41) is 19.7. The van der Waals surface area contributed by atoms with Crippen molar-refractivity contribution in [1.82, 2.24) is 5.32 Å². The maximum absolute atomic E-state index is 12.4. The molecule has 3 nitrogen and oxygen atoms in total. The highest BCUT2D eigenvalue weighted by molar-refractivity contribution is 4.90. The molecule has 10 heavy (non-hydrogen) atoms. The summed E-state index contributed by atoms with van der Waals surface area (Å²) in [5.41, 5.74) is 0. The molecule has 1 unspecified atom stereocenters. The average Bonchev–Trinajstić information content (AvgIpc) is 1.83. The van der Waals surface area contributed by atoms with Gasteiger partial charge in [0.05, 0.1) is 12.6 Å². The molecular weight excluding hydrogens is 144 g/mol. The van der Waals surface area contributed by atoms with Crippen LogP contribution in [0.25, 0.3) is 0 Å². The predicted octanol–water partition coefficient (Wildman–Crippen LogP) is -1.05. The fourth-order valence-corrected chi connectivity index (χ4v) is 0.884. The van der Waals surface area contributed by atoms with Crippen LogP contribution in [0, 0.1) is 0 Å². The number of hydrogen-bond donors (Lipinski definition) is 3. The van der Waals surface area contributed by atoms with Crippen LogP contribution in [0.15, 0.2) is 0 Å². The minimum Gasteiger partial charge on any atom is -0.389 e. The van der Waals surface area contributed by atoms with Gasteiger partial charge in [-0.1, -0.05) is 0 Å². The summed E-state index contributed by atoms with van der Waals surface area (Å²) in [5.74, 6) is -3.20. The van der Waals surface area contributed by atoms with Gasteiger partial charge in [-0.15, -0.1) is 0 Å². The van der Waals surface area contributed by atoms with Gasteiger partial charge in [0.1, 0.15) is 6.10 Å². The van der Waals surface area contributed by atoms with Crippen molar-refractivity contribution >= 4 is 0 Å². The smallest absolute Gasteiger partial charge is 0.288 e. The summed E-state index contributed by atoms with van der Waals surface area (Å²) in [7, 11) is 0. The zero-order chi connectivity index (χ0) is 7.78. The molecule has 0 aromatic rings. The molecule has 2 atom stereocenters. The molecule has 1 heterocycles. The van der Waals surface area contributed by atoms with Gasteiger partial charge in [0, 0.05) is 6.54 Å². The Morgan fingerprint density at radius 3 is 2.40 bits per heavy atom. The molecule has 1 aliphatic heterocycles. The van der Waals surface area contributed by atoms with Gasteiger partial charge in [-0.2, -0.15) is 0 Å². The second-order valence-electron chi connectivity index (χ2n) is 2.40. The number of aliphatic hydroxyl groups is 2. The minimum atomic E-state index is -3.20. The van der Waals surface area contributed by atoms with E-state index in [0.29, 0.717) is 0 Å². The number of aliphatic hydroxyl groups excluding tert-OH is 2. The standard InChI is InChI=1S/C5H9F2NO2/c6-5(7)2-8-1-3(9)4(5)10/h3-4,8-10H,1-2H2/t3?,4-/m1/s1. The highest BCUT2D eigenvalue weighted by Gasteiger charge is 2.45. The Kier molecular flexibility index (Phi) is 1.89. The number of halogens is 2. The van der Waals surface area contributed by atoms with E-state index in [1.807, 2.05) is 0 Å². The molecule has 0 radical (unpaired) electrons. The fraction of sp³-hybridized carbons (Fsp3) is 1.00. The maximum Gasteiger partial charge on any atom is 0.288 e. The van der Waals surface area contributed by atoms with Crippen LogP contribution < -0.4 is 5.32 Å². The molecule has 3 N–H and O–H groups in total. The molecule has 60 valence electrons. The molecule has 1 rings (SSSR count). The Morgan fingerprint density at radius 2 is 2.00 bits per heavy atom. The molecule has 0 amide bonds. The zero-order valence-electron chi connectivity index (χ0n) is 5.22. The number of rotatable bonds is 0. The van der Waals surface area contributed by atoms with E-state index < -0.39 is 24.7 Å². The Bertz CT molecular complexity index is 131. The first kappa shape index (κ1) is 7.84. The van der Waals surface area contributed by atoms with Crippen LogP contribution in [0.5, 0.6) is 0 Å². The van der Waals surface area contributed by atoms with E-state index in [0.717, 1.165) is 0 Å². The van der Waals surface area contributed by atoms with E-state index in [4.69, 9.17) is 10.2 Å². The molecule has 0 bridgehead atoms. The van der Waals surface area contributed by atoms with Crippen molar-refractivity contribution in [3.63, 3.8) is 0 Å². The first-order valence-corrected chi connectivity index (χ1v) is 2.99. The van der Waals surface area contributed by atoms with Crippen molar-refractivity contribution < 1.29 is 19.0 Å². The lowest BCUT2D eigenvalue weighted by atomic mass is 10.0. The van der Waals surface area contributed by atoms with Crippen LogP contribution in [-0.2, 0) is 0 Å². The highest BCUT2D eigenvalue weighted by Crippen LogP contribution is 2.22. The minimum absolute atomic E-state index is 0.0246. The summed E-state index contributed by atoms with van der Waals surface area (Å²) in [4.78, 5) is 0. The van der Waals surface area contributed by atoms with Crippen LogP contribution in [-0.4, -0.2) is 41.4 Å². The second-order valence-corrected chi connectivity index (χ2v) is 2.40. The van der Waals surface area contributed by atoms with E-state index >= 15 is 0 Å². The largest absolute Gasteiger partial charge is 0.389 e. The topological polar surface area (TPSA) is 52.5 Å². The van der Waals surface area contributed by atoms with E-state index in [9.17, 15) is 8.78 Å². The van der Waals surface area contributed by atoms with E-state index in [-0.39, 0.29) is 6.54 Å². The van der Waals surface area contributed by atoms with Crippen molar-refractivity contribution in [2.24, 2.45) is 0 Å². The van der Waals surface area contributed by atoms with Crippen molar-refractivity contribution in [2.75, 3.05) is 13.1 Å². The molecule has 5 heteroatoms. The molecule has 0 aliphatic carbocycles. The van der Waals surface area contributed by atoms with Gasteiger partial charge >= 0.3 is 0 Å². The van der Waals surface area contributed by atoms with Crippen LogP contribution in [0.4, 0.5) is 8.78 Å². The molecule has 1 saturated heterocycles. The fourth-order valence-electron chi connectivity index (χ4n) is 0.884. The lowest BCUT2D eigenvalue weighted by molar-refractivity contribution is -0.165. The normalized spacial score (nSPS) is 39.6. The monoisotopic (exact) mass is 153 g/mol. The van der Waals surface area contributed by atoms with Gasteiger partial charge in [0.15, 0.2) is 0 Å². The maximum atomic E-state index is 12.4. The Morgan fingerprint density at radius 1 is 1.40 bits per heavy atom. The van der Waals surface area contributed by atoms with Gasteiger partial charge in [-0.05, 0) is 0 Å². The summed E-state index contributed by atoms with van der Waals surface area (Å²) >= 11 is 0. The van der Waals surface area contributed by atoms with Crippen LogP contribution in [0.1, 0.15) is 0 Å². The van der Waals surface area contributed by atoms with Crippen molar-refractivity contribution in [3.8, 4) is 0 Å². The Hall–Kier alpha value is -0.260. The third kappa shape index (κ3) is 1.25. The summed E-state index contributed by atoms with van der Waals surface area (Å²) in [6.07, 6.45) is -3.28. The van der Waals surface area contributed by atoms with Crippen LogP contribution in [0.3, 0.4) is 0 Å². The number of β-amino-alcohol motifs (C(OH)–C–C–N with tert-alkyl or cyclic N) is 1. The Balaban J connectivity index is 2.60. The number of alkyl halides is 2. The predicted molar refractivity (Wildman–Crippen MR) is 29.8 cm³/mol. The van der Waals surface area contributed by atoms with Gasteiger partial charge in [0.2, 0.25) is 0 Å². The molecule has 0 aromatic carbocycles. The first-order chi connectivity index (χ1) is 4.54. The number of nitrogens with one attached hydrogen (secondary N) is 1. The van der Waals surface area contributed by atoms with Crippen molar-refractivity contribution in [3.05, 3.63) is 0 Å². The van der Waals surface area contributed by atoms with Gasteiger partial charge in [-0.3, -0.25) is 0 Å². The van der Waals surface area contributed by atoms with Crippen molar-refractivity contribution in [2.45, 2.75) is 18.1 Å². The van der Waals surface area contributed by atoms with Gasteiger partial charge in [0.25, 0.3) is 5.92 Å². The molecular formula is C5H9F2NO2. The third-order valence-electron chi connectivity index (χ3n) is 1.51. The van der Waals surface area contributed by atoms with Crippen LogP contribution >= 0.6 is 0 Å². The lowest BCUT2D eigenvalue weighted by Crippen LogP contribution is -2.57. The van der Waals surface area contributed by atoms with E-state index in [1.54, 1.807) is 0 Å². The summed E-state index contributed by atoms with van der Waals surface area (Å²) in [6.45, 7) is -0.540. The molecule has 0 aromatic heterocycles. The van der Waals surface area contributed by atoms with E-state index in [1.165, 1.54) is 0 Å². The summed E-state index contributed by atoms with van der Waals surface area (Å²) in [6, 6.07) is 0. The zero-order valence-corrected chi connectivity index (χ0v) is 5.22. The number of piperidine rings is 1. The quantitative estimate of drug-likeness (QED) is 0.416. The van der Waals surface area contributed by atoms with Crippen molar-refractivity contribution in [1.29, 1.82) is 0 Å². The SMILES string of the molecule is OC1CNCC(F)(F)[C@@H]1O. The second kappa shape index (κ2) is 2.41. The molecule has 0 spiro atoms. The molecule has 0 saturated carbocycles. The molecule has 1 fully saturated rings. The highest BCUT2D eigenvalue weighted by atomic mass is 19.3. The average molecular weight is 153 g/mol. The summed E-state index contributed by atoms with van der Waals surface area (Å²) < 4.78 is 24.8. The first-order valence-electron chi connectivity index (χ1n) is 2.99. The Labute approximate surface area is 56.7 Å². The lowest BCUT2D eigenvalue weighted by Gasteiger charge is -2.31. The molecule has 1 aliphatic rings. The third-order valence-corrected chi connectivity index (χ3v) is 1.51. The van der Waals surface area contributed by atoms with E-state index in [2.05, 4.69) is 5.32 Å². The van der Waals surface area contributed by atoms with Gasteiger partial charge < -0.3 is 15.5 Å². The van der Waals surface area contributed by atoms with Gasteiger partial charge in [-0.25, -0.2) is 8.78 Å². The van der Waals surface area contributed by atoms with Crippen LogP contribution in [0.2, 0.25) is 0 Å². The number of hydrogen-bond acceptors (Lipinski definition) is 3.